The molecule has 0 aromatic carbocycles. The fraction of sp³-hybridized carbons (Fsp3) is 0.351. The van der Waals surface area contributed by atoms with Gasteiger partial charge in [0.15, 0.2) is 34.9 Å². The van der Waals surface area contributed by atoms with Crippen LogP contribution >= 0.6 is 46.4 Å². The van der Waals surface area contributed by atoms with Crippen LogP contribution in [0.4, 0.5) is 80.3 Å². The first kappa shape index (κ1) is 88.1. The Balaban J connectivity index is 0.000000230. The van der Waals surface area contributed by atoms with Crippen LogP contribution in [0.25, 0.3) is 89.7 Å². The second-order valence-corrected chi connectivity index (χ2v) is 29.8. The van der Waals surface area contributed by atoms with Crippen molar-refractivity contribution in [1.29, 1.82) is 0 Å². The van der Waals surface area contributed by atoms with E-state index < -0.39 is 110 Å². The molecule has 4 amide bonds. The molecule has 16 rings (SSSR count). The van der Waals surface area contributed by atoms with Gasteiger partial charge in [-0.05, 0) is 55.3 Å². The standard InChI is InChI=1S/2C19H18ClF3N6O2.C18H15ClF4N6O.C18H16ClF3N6O2.6H2/c2*1-31-11-5-14(18(30)27-9-19(21,22)23)29(8-11)15-2-3-24-17(28-15)13-7-26-16-12(13)4-10(20)6-25-16;1-29(17(2-3-17)16(30)27-8-18(21,22)23)15-12(20)7-26-14(28-15)11-6-25-13-10(11)4-9(19)5-24-13;19-9-3-11-12(6-25-15(11)24-5-9)16-23-2-1-14(27-16)28-7-10(29)4-13(28)17(30)26-8-18(20,21)22;;;;;;/h2*2-4,6-7,11,14H,5,8-9H2,1H3,(H,25,26)(H,27,30);4-7H,2-3,8H2,1H3,(H,24,25)(H,27,30);1-3,5-6,10,13,29H,4,7-8H2,(H,24,25)(H,26,30);6*1H/t11-,14+;11-,14-;;10-,13-;;;;;;/m01.1....../s1. The van der Waals surface area contributed by atoms with Crippen molar-refractivity contribution in [3.05, 3.63) is 143 Å². The number of β-amino-alcohol motifs (C(OH)–C–C–N with tert-alkyl or cyclic N) is 1. The Labute approximate surface area is 708 Å². The smallest absolute Gasteiger partial charge is 0.391 e. The number of pyridine rings is 4. The van der Waals surface area contributed by atoms with E-state index in [9.17, 15) is 81.4 Å². The third-order valence-electron chi connectivity index (χ3n) is 19.8. The van der Waals surface area contributed by atoms with Crippen molar-refractivity contribution in [3.63, 3.8) is 0 Å². The summed E-state index contributed by atoms with van der Waals surface area (Å²) in [5, 5.41) is 22.1. The number of H-pyrrole nitrogens is 4. The molecule has 15 heterocycles. The van der Waals surface area contributed by atoms with Gasteiger partial charge in [-0.3, -0.25) is 19.2 Å². The molecule has 6 atom stereocenters. The normalized spacial score (nSPS) is 18.3. The van der Waals surface area contributed by atoms with Gasteiger partial charge in [-0.15, -0.1) is 0 Å². The fourth-order valence-electron chi connectivity index (χ4n) is 13.8. The highest BCUT2D eigenvalue weighted by molar-refractivity contribution is 6.32. The minimum absolute atomic E-state index is 0. The average Bonchev–Trinajstić information content (AvgIpc) is 1.59. The van der Waals surface area contributed by atoms with Crippen LogP contribution in [0.1, 0.15) is 40.7 Å². The van der Waals surface area contributed by atoms with Crippen molar-refractivity contribution in [1.82, 2.24) is 101 Å². The van der Waals surface area contributed by atoms with Gasteiger partial charge in [-0.25, -0.2) is 64.2 Å². The van der Waals surface area contributed by atoms with Gasteiger partial charge in [0.2, 0.25) is 23.6 Å². The number of nitrogens with zero attached hydrogens (tertiary/aromatic N) is 16. The van der Waals surface area contributed by atoms with Crippen LogP contribution in [-0.2, 0) is 28.7 Å². The Morgan fingerprint density at radius 2 is 0.787 bits per heavy atom. The minimum Gasteiger partial charge on any atom is -0.391 e. The van der Waals surface area contributed by atoms with Crippen molar-refractivity contribution in [2.24, 2.45) is 0 Å². The molecular formula is C74H79Cl4F13N24O7. The van der Waals surface area contributed by atoms with Crippen LogP contribution in [-0.4, -0.2) is 242 Å². The number of halogens is 17. The first-order valence-corrected chi connectivity index (χ1v) is 38.0. The number of likely N-dealkylation sites (N-methyl/N-ethyl adjacent to an activating group) is 1. The first-order chi connectivity index (χ1) is 57.8. The van der Waals surface area contributed by atoms with E-state index in [1.807, 2.05) is 21.3 Å². The fourth-order valence-corrected chi connectivity index (χ4v) is 14.5. The Hall–Kier alpha value is -11.7. The second kappa shape index (κ2) is 36.1. The summed E-state index contributed by atoms with van der Waals surface area (Å²) >= 11 is 24.1. The van der Waals surface area contributed by atoms with Crippen molar-refractivity contribution >= 4 is 137 Å². The minimum atomic E-state index is -4.54. The number of alkyl halides is 12. The van der Waals surface area contributed by atoms with Crippen LogP contribution in [0.15, 0.2) is 117 Å². The van der Waals surface area contributed by atoms with E-state index in [2.05, 4.69) is 79.7 Å². The summed E-state index contributed by atoms with van der Waals surface area (Å²) in [6.45, 7) is -5.03. The summed E-state index contributed by atoms with van der Waals surface area (Å²) < 4.78 is 175. The molecular weight excluding hydrogens is 1730 g/mol. The molecule has 31 nitrogen and oxygen atoms in total. The molecule has 4 fully saturated rings. The Morgan fingerprint density at radius 1 is 0.475 bits per heavy atom. The molecule has 0 bridgehead atoms. The maximum Gasteiger partial charge on any atom is 0.405 e. The molecule has 122 heavy (non-hydrogen) atoms. The van der Waals surface area contributed by atoms with Crippen LogP contribution in [0, 0.1) is 5.82 Å². The molecule has 1 aliphatic carbocycles. The number of nitrogens with one attached hydrogen (secondary N) is 8. The van der Waals surface area contributed by atoms with Crippen molar-refractivity contribution in [2.75, 3.05) is 86.7 Å². The number of aromatic amines is 4. The number of fused-ring (bicyclic) bond motifs is 4. The zero-order valence-electron chi connectivity index (χ0n) is 63.4. The molecule has 4 aliphatic rings. The number of aliphatic hydroxyl groups excluding tert-OH is 1. The largest absolute Gasteiger partial charge is 0.405 e. The lowest BCUT2D eigenvalue weighted by atomic mass is 10.2. The number of aromatic nitrogens is 16. The van der Waals surface area contributed by atoms with Gasteiger partial charge in [0.05, 0.1) is 44.6 Å². The molecule has 12 aromatic rings. The molecule has 9 N–H and O–H groups in total. The van der Waals surface area contributed by atoms with Gasteiger partial charge in [-0.2, -0.15) is 52.7 Å². The zero-order chi connectivity index (χ0) is 87.5. The van der Waals surface area contributed by atoms with Gasteiger partial charge in [0.1, 0.15) is 89.9 Å². The Morgan fingerprint density at radius 3 is 1.11 bits per heavy atom. The summed E-state index contributed by atoms with van der Waals surface area (Å²) in [6, 6.07) is 8.87. The summed E-state index contributed by atoms with van der Waals surface area (Å²) in [5.41, 5.74) is 3.51. The number of ether oxygens (including phenoxy) is 2. The molecule has 656 valence electrons. The topological polar surface area (TPSA) is 386 Å². The summed E-state index contributed by atoms with van der Waals surface area (Å²) in [5.74, 6) is -1.80. The van der Waals surface area contributed by atoms with Crippen molar-refractivity contribution in [3.8, 4) is 45.6 Å². The van der Waals surface area contributed by atoms with Crippen LogP contribution < -0.4 is 40.9 Å². The number of carbonyl (C=O) groups excluding carboxylic acids is 4. The van der Waals surface area contributed by atoms with Gasteiger partial charge in [-0.1, -0.05) is 46.4 Å². The Kier molecular flexibility index (Phi) is 26.1. The van der Waals surface area contributed by atoms with E-state index in [1.165, 1.54) is 80.5 Å². The maximum absolute atomic E-state index is 14.5. The number of hydrogen-bond donors (Lipinski definition) is 9. The van der Waals surface area contributed by atoms with Crippen molar-refractivity contribution < 1.29 is 99.4 Å². The van der Waals surface area contributed by atoms with Gasteiger partial charge < -0.3 is 75.4 Å². The third-order valence-corrected chi connectivity index (χ3v) is 20.6. The van der Waals surface area contributed by atoms with Crippen LogP contribution in [0.2, 0.25) is 20.1 Å². The number of anilines is 4. The van der Waals surface area contributed by atoms with E-state index in [0.29, 0.717) is 124 Å². The van der Waals surface area contributed by atoms with Crippen LogP contribution in [0.5, 0.6) is 0 Å². The number of aliphatic hydroxyl groups is 1. The predicted molar refractivity (Wildman–Crippen MR) is 433 cm³/mol. The third kappa shape index (κ3) is 20.9. The summed E-state index contributed by atoms with van der Waals surface area (Å²) in [4.78, 5) is 119. The maximum atomic E-state index is 14.5. The second-order valence-electron chi connectivity index (χ2n) is 28.1. The van der Waals surface area contributed by atoms with Crippen LogP contribution in [0.3, 0.4) is 0 Å². The molecule has 3 saturated heterocycles. The van der Waals surface area contributed by atoms with Gasteiger partial charge in [0, 0.05) is 181 Å². The van der Waals surface area contributed by atoms with E-state index >= 15 is 0 Å². The molecule has 1 saturated carbocycles. The van der Waals surface area contributed by atoms with Crippen molar-refractivity contribution in [2.45, 2.75) is 98.8 Å². The lowest BCUT2D eigenvalue weighted by molar-refractivity contribution is -0.139. The number of methoxy groups -OCH3 is 2. The molecule has 0 unspecified atom stereocenters. The van der Waals surface area contributed by atoms with Gasteiger partial charge >= 0.3 is 24.7 Å². The van der Waals surface area contributed by atoms with E-state index in [-0.39, 0.29) is 71.1 Å². The number of carbonyl (C=O) groups is 4. The summed E-state index contributed by atoms with van der Waals surface area (Å²) in [6.07, 6.45) is -0.412. The van der Waals surface area contributed by atoms with E-state index in [1.54, 1.807) is 71.0 Å². The average molecular weight is 1810 g/mol. The Bertz CT molecular complexity index is 5680. The quantitative estimate of drug-likeness (QED) is 0.0340. The summed E-state index contributed by atoms with van der Waals surface area (Å²) in [7, 11) is 4.41. The lowest BCUT2D eigenvalue weighted by Gasteiger charge is -2.28. The monoisotopic (exact) mass is 1800 g/mol. The first-order valence-electron chi connectivity index (χ1n) is 36.5. The number of hydrogen-bond acceptors (Lipinski definition) is 23. The zero-order valence-corrected chi connectivity index (χ0v) is 66.4. The molecule has 48 heteroatoms. The molecule has 3 aliphatic heterocycles. The predicted octanol–water partition coefficient (Wildman–Crippen LogP) is 13.1. The number of rotatable bonds is 19. The molecule has 0 radical (unpaired) electrons. The highest BCUT2D eigenvalue weighted by Gasteiger charge is 2.55. The van der Waals surface area contributed by atoms with E-state index in [4.69, 9.17) is 55.9 Å². The van der Waals surface area contributed by atoms with E-state index in [0.717, 1.165) is 17.0 Å². The SMILES string of the molecule is CN(c1nc(-c2c[nH]c3ncc(Cl)cc23)ncc1F)C1(C(=O)NCC(F)(F)F)CC1.CO[C@@H]1C[C@H](C(=O)NCC(F)(F)F)N(c2ccnc(-c3c[nH]c4ncc(Cl)cc34)n2)C1.CO[C@H]1C[C@H](C(=O)NCC(F)(F)F)N(c2ccnc(-c3c[nH]c4ncc(Cl)cc34)n2)C1.O=C(NCC(F)(F)F)[C@H]1C[C@@H](O)CN1c1ccnc(-c2c[nH]c3ncc(Cl)cc23)n1.[HH].[HH].[HH].[HH].[HH].[HH]. The van der Waals surface area contributed by atoms with Gasteiger partial charge in [0.25, 0.3) is 0 Å². The highest BCUT2D eigenvalue weighted by atomic mass is 35.5. The highest BCUT2D eigenvalue weighted by Crippen LogP contribution is 2.45. The molecule has 0 spiro atoms. The molecule has 12 aromatic heterocycles. The lowest BCUT2D eigenvalue weighted by Crippen LogP contribution is -2.50. The number of amides is 4.